The zero-order chi connectivity index (χ0) is 11.3. The zero-order valence-corrected chi connectivity index (χ0v) is 9.29. The Hall–Kier alpha value is -1.36. The van der Waals surface area contributed by atoms with E-state index in [-0.39, 0.29) is 5.91 Å². The molecule has 0 atom stereocenters. The van der Waals surface area contributed by atoms with Crippen molar-refractivity contribution in [2.24, 2.45) is 0 Å². The van der Waals surface area contributed by atoms with E-state index in [1.807, 2.05) is 0 Å². The van der Waals surface area contributed by atoms with E-state index >= 15 is 0 Å². The molecule has 1 amide bonds. The molecule has 0 saturated heterocycles. The van der Waals surface area contributed by atoms with Gasteiger partial charge in [-0.25, -0.2) is 8.42 Å². The van der Waals surface area contributed by atoms with Crippen molar-refractivity contribution in [1.82, 2.24) is 5.32 Å². The first kappa shape index (κ1) is 11.7. The van der Waals surface area contributed by atoms with E-state index < -0.39 is 10.7 Å². The molecule has 1 aromatic carbocycles. The van der Waals surface area contributed by atoms with Gasteiger partial charge in [-0.15, -0.1) is 0 Å². The Morgan fingerprint density at radius 3 is 2.60 bits per heavy atom. The summed E-state index contributed by atoms with van der Waals surface area (Å²) in [6.45, 7) is 1.88. The molecule has 0 unspecified atom stereocenters. The van der Waals surface area contributed by atoms with Crippen molar-refractivity contribution in [2.75, 3.05) is 6.54 Å². The average molecular weight is 227 g/mol. The normalized spacial score (nSPS) is 10.3. The van der Waals surface area contributed by atoms with Gasteiger partial charge in [0.2, 0.25) is 5.91 Å². The van der Waals surface area contributed by atoms with Crippen LogP contribution in [0.5, 0.6) is 0 Å². The minimum atomic E-state index is -2.56. The van der Waals surface area contributed by atoms with Gasteiger partial charge in [0, 0.05) is 13.5 Å². The quantitative estimate of drug-likeness (QED) is 0.729. The Morgan fingerprint density at radius 2 is 2.00 bits per heavy atom. The Labute approximate surface area is 90.3 Å². The molecule has 15 heavy (non-hydrogen) atoms. The number of carbonyl (C=O) groups excluding carboxylic acids is 1. The molecule has 0 bridgehead atoms. The number of benzene rings is 1. The summed E-state index contributed by atoms with van der Waals surface area (Å²) < 4.78 is 21.7. The van der Waals surface area contributed by atoms with Crippen molar-refractivity contribution in [2.45, 2.75) is 18.2 Å². The van der Waals surface area contributed by atoms with Gasteiger partial charge >= 0.3 is 0 Å². The summed E-state index contributed by atoms with van der Waals surface area (Å²) in [5.74, 6) is -0.112. The summed E-state index contributed by atoms with van der Waals surface area (Å²) in [6, 6.07) is 6.78. The van der Waals surface area contributed by atoms with Crippen LogP contribution in [0.1, 0.15) is 12.5 Å². The minimum absolute atomic E-state index is 0.112. The van der Waals surface area contributed by atoms with Crippen LogP contribution in [-0.4, -0.2) is 20.9 Å². The lowest BCUT2D eigenvalue weighted by Crippen LogP contribution is -2.22. The lowest BCUT2D eigenvalue weighted by atomic mass is 10.1. The maximum Gasteiger partial charge on any atom is 0.216 e. The Morgan fingerprint density at radius 1 is 1.33 bits per heavy atom. The molecule has 0 aliphatic heterocycles. The first-order valence-electron chi connectivity index (χ1n) is 4.58. The molecule has 0 saturated carbocycles. The van der Waals surface area contributed by atoms with Gasteiger partial charge in [0.15, 0.2) is 10.7 Å². The summed E-state index contributed by atoms with van der Waals surface area (Å²) in [4.78, 5) is 11.0. The summed E-state index contributed by atoms with van der Waals surface area (Å²) in [7, 11) is -2.56. The first-order chi connectivity index (χ1) is 7.11. The van der Waals surface area contributed by atoms with Crippen molar-refractivity contribution in [3.8, 4) is 0 Å². The maximum absolute atomic E-state index is 10.9. The van der Waals surface area contributed by atoms with E-state index in [1.54, 1.807) is 24.3 Å². The monoisotopic (exact) mass is 227 g/mol. The van der Waals surface area contributed by atoms with E-state index in [2.05, 4.69) is 5.32 Å². The van der Waals surface area contributed by atoms with E-state index in [1.165, 1.54) is 6.92 Å². The third kappa shape index (κ3) is 3.71. The van der Waals surface area contributed by atoms with Gasteiger partial charge in [0.1, 0.15) is 0 Å². The van der Waals surface area contributed by atoms with Crippen LogP contribution in [0.25, 0.3) is 0 Å². The number of amides is 1. The van der Waals surface area contributed by atoms with Crippen LogP contribution in [0.15, 0.2) is 29.2 Å². The molecule has 0 radical (unpaired) electrons. The van der Waals surface area contributed by atoms with Crippen LogP contribution in [-0.2, 0) is 21.9 Å². The summed E-state index contributed by atoms with van der Waals surface area (Å²) >= 11 is 0. The number of hydrogen-bond donors (Lipinski definition) is 2. The molecule has 1 rings (SSSR count). The third-order valence-electron chi connectivity index (χ3n) is 1.96. The van der Waals surface area contributed by atoms with Gasteiger partial charge in [0.05, 0.1) is 4.90 Å². The highest BCUT2D eigenvalue weighted by Crippen LogP contribution is 2.10. The van der Waals surface area contributed by atoms with Crippen molar-refractivity contribution in [1.29, 1.82) is 0 Å². The second-order valence-electron chi connectivity index (χ2n) is 3.12. The topological polar surface area (TPSA) is 63.2 Å². The summed E-state index contributed by atoms with van der Waals surface area (Å²) in [5, 5.41) is 2.62. The fraction of sp³-hybridized carbons (Fsp3) is 0.300. The molecule has 1 aromatic rings. The molecule has 0 heterocycles. The Kier molecular flexibility index (Phi) is 4.30. The third-order valence-corrected chi connectivity index (χ3v) is 2.79. The second-order valence-corrected chi connectivity index (χ2v) is 4.11. The molecule has 1 N–H and O–H groups in total. The number of nitrogens with one attached hydrogen (secondary N) is 1. The Bertz CT molecular complexity index is 418. The molecule has 0 aliphatic carbocycles. The summed E-state index contributed by atoms with van der Waals surface area (Å²) in [6.07, 6.45) is 0.527. The van der Waals surface area contributed by atoms with Gasteiger partial charge in [-0.2, -0.15) is 0 Å². The number of carbonyl (C=O) groups is 1. The SMILES string of the molecule is CC(=O)NCCc1ccccc1[SH](=O)=O. The molecular weight excluding hydrogens is 214 g/mol. The molecule has 0 aromatic heterocycles. The van der Waals surface area contributed by atoms with Gasteiger partial charge in [-0.05, 0) is 18.1 Å². The number of hydrogen-bond acceptors (Lipinski definition) is 3. The highest BCUT2D eigenvalue weighted by Gasteiger charge is 2.03. The molecular formula is C10H13NO3S. The zero-order valence-electron chi connectivity index (χ0n) is 8.40. The average Bonchev–Trinajstić information content (AvgIpc) is 2.17. The highest BCUT2D eigenvalue weighted by molar-refractivity contribution is 7.72. The Balaban J connectivity index is 2.72. The molecule has 0 aliphatic rings. The van der Waals surface area contributed by atoms with Crippen LogP contribution in [0.3, 0.4) is 0 Å². The van der Waals surface area contributed by atoms with Crippen molar-refractivity contribution < 1.29 is 13.2 Å². The van der Waals surface area contributed by atoms with Gasteiger partial charge < -0.3 is 5.32 Å². The highest BCUT2D eigenvalue weighted by atomic mass is 32.2. The van der Waals surface area contributed by atoms with Gasteiger partial charge in [-0.3, -0.25) is 4.79 Å². The van der Waals surface area contributed by atoms with Crippen LogP contribution in [0.4, 0.5) is 0 Å². The second kappa shape index (κ2) is 5.50. The van der Waals surface area contributed by atoms with Crippen LogP contribution in [0, 0.1) is 0 Å². The van der Waals surface area contributed by atoms with E-state index in [0.29, 0.717) is 17.9 Å². The van der Waals surface area contributed by atoms with E-state index in [0.717, 1.165) is 5.56 Å². The first-order valence-corrected chi connectivity index (χ1v) is 5.75. The minimum Gasteiger partial charge on any atom is -0.356 e. The molecule has 5 heteroatoms. The van der Waals surface area contributed by atoms with Crippen LogP contribution in [0.2, 0.25) is 0 Å². The van der Waals surface area contributed by atoms with Crippen molar-refractivity contribution in [3.63, 3.8) is 0 Å². The van der Waals surface area contributed by atoms with Crippen LogP contribution >= 0.6 is 0 Å². The van der Waals surface area contributed by atoms with Crippen molar-refractivity contribution >= 4 is 16.6 Å². The molecule has 0 fully saturated rings. The number of rotatable bonds is 4. The standard InChI is InChI=1S/C10H13NO3S/c1-8(12)11-7-6-9-4-2-3-5-10(9)15(13)14/h2-5,15H,6-7H2,1H3,(H,11,12). The summed E-state index contributed by atoms with van der Waals surface area (Å²) in [5.41, 5.74) is 0.738. The molecule has 4 nitrogen and oxygen atoms in total. The maximum atomic E-state index is 10.9. The van der Waals surface area contributed by atoms with E-state index in [9.17, 15) is 13.2 Å². The lowest BCUT2D eigenvalue weighted by Gasteiger charge is -2.04. The van der Waals surface area contributed by atoms with Gasteiger partial charge in [-0.1, -0.05) is 18.2 Å². The van der Waals surface area contributed by atoms with Gasteiger partial charge in [0.25, 0.3) is 0 Å². The predicted octanol–water partition coefficient (Wildman–Crippen LogP) is 0.336. The largest absolute Gasteiger partial charge is 0.356 e. The van der Waals surface area contributed by atoms with E-state index in [4.69, 9.17) is 0 Å². The fourth-order valence-electron chi connectivity index (χ4n) is 1.27. The smallest absolute Gasteiger partial charge is 0.216 e. The predicted molar refractivity (Wildman–Crippen MR) is 57.4 cm³/mol. The number of thiol groups is 1. The molecule has 82 valence electrons. The lowest BCUT2D eigenvalue weighted by molar-refractivity contribution is -0.118. The fourth-order valence-corrected chi connectivity index (χ4v) is 1.90. The van der Waals surface area contributed by atoms with Crippen LogP contribution < -0.4 is 5.32 Å². The molecule has 0 spiro atoms. The van der Waals surface area contributed by atoms with Crippen molar-refractivity contribution in [3.05, 3.63) is 29.8 Å².